The molecule has 1 amide bonds. The minimum Gasteiger partial charge on any atom is -0.481 e. The standard InChI is InChI=1S/C8H12N4O3/c1-4(8(14)15)3-9-7(13)6-10-5(2)11-12-6/h4H,3H2,1-2H3,(H,9,13)(H,14,15)(H,10,11,12). The number of carbonyl (C=O) groups is 2. The SMILES string of the molecule is Cc1nc(C(=O)NCC(C)C(=O)O)n[nH]1. The molecule has 7 nitrogen and oxygen atoms in total. The number of aromatic amines is 1. The molecule has 1 heterocycles. The number of hydrogen-bond acceptors (Lipinski definition) is 4. The molecule has 0 aliphatic rings. The Balaban J connectivity index is 2.47. The van der Waals surface area contributed by atoms with E-state index >= 15 is 0 Å². The summed E-state index contributed by atoms with van der Waals surface area (Å²) in [6.45, 7) is 3.23. The third kappa shape index (κ3) is 3.04. The quantitative estimate of drug-likeness (QED) is 0.627. The van der Waals surface area contributed by atoms with Crippen molar-refractivity contribution in [3.63, 3.8) is 0 Å². The molecule has 3 N–H and O–H groups in total. The molecule has 1 aromatic rings. The Labute approximate surface area is 85.9 Å². The van der Waals surface area contributed by atoms with Crippen LogP contribution in [0.3, 0.4) is 0 Å². The lowest BCUT2D eigenvalue weighted by molar-refractivity contribution is -0.140. The summed E-state index contributed by atoms with van der Waals surface area (Å²) < 4.78 is 0. The van der Waals surface area contributed by atoms with Crippen molar-refractivity contribution < 1.29 is 14.7 Å². The lowest BCUT2D eigenvalue weighted by atomic mass is 10.2. The van der Waals surface area contributed by atoms with Gasteiger partial charge in [0, 0.05) is 6.54 Å². The van der Waals surface area contributed by atoms with Gasteiger partial charge in [0.1, 0.15) is 5.82 Å². The predicted octanol–water partition coefficient (Wildman–Crippen LogP) is -0.436. The highest BCUT2D eigenvalue weighted by Crippen LogP contribution is 1.94. The summed E-state index contributed by atoms with van der Waals surface area (Å²) in [6.07, 6.45) is 0. The van der Waals surface area contributed by atoms with E-state index in [4.69, 9.17) is 5.11 Å². The molecule has 1 aromatic heterocycles. The van der Waals surface area contributed by atoms with Gasteiger partial charge in [0.25, 0.3) is 5.91 Å². The van der Waals surface area contributed by atoms with E-state index in [1.165, 1.54) is 6.92 Å². The van der Waals surface area contributed by atoms with Crippen LogP contribution in [0.1, 0.15) is 23.4 Å². The highest BCUT2D eigenvalue weighted by Gasteiger charge is 2.15. The second-order valence-corrected chi connectivity index (χ2v) is 3.19. The van der Waals surface area contributed by atoms with Crippen LogP contribution in [0.25, 0.3) is 0 Å². The number of amides is 1. The van der Waals surface area contributed by atoms with Crippen molar-refractivity contribution in [3.05, 3.63) is 11.6 Å². The van der Waals surface area contributed by atoms with Crippen LogP contribution in [0.2, 0.25) is 0 Å². The van der Waals surface area contributed by atoms with E-state index < -0.39 is 17.8 Å². The van der Waals surface area contributed by atoms with E-state index in [-0.39, 0.29) is 12.4 Å². The summed E-state index contributed by atoms with van der Waals surface area (Å²) in [5.74, 6) is -1.51. The number of nitrogens with zero attached hydrogens (tertiary/aromatic N) is 2. The fraction of sp³-hybridized carbons (Fsp3) is 0.500. The van der Waals surface area contributed by atoms with E-state index in [9.17, 15) is 9.59 Å². The summed E-state index contributed by atoms with van der Waals surface area (Å²) in [5.41, 5.74) is 0. The van der Waals surface area contributed by atoms with Crippen LogP contribution in [-0.4, -0.2) is 38.7 Å². The van der Waals surface area contributed by atoms with Crippen molar-refractivity contribution in [2.45, 2.75) is 13.8 Å². The summed E-state index contributed by atoms with van der Waals surface area (Å²) in [5, 5.41) is 17.2. The number of H-pyrrole nitrogens is 1. The van der Waals surface area contributed by atoms with E-state index in [1.807, 2.05) is 0 Å². The van der Waals surface area contributed by atoms with Gasteiger partial charge in [-0.2, -0.15) is 0 Å². The molecule has 0 bridgehead atoms. The molecule has 0 aliphatic heterocycles. The monoisotopic (exact) mass is 212 g/mol. The average molecular weight is 212 g/mol. The predicted molar refractivity (Wildman–Crippen MR) is 50.3 cm³/mol. The first-order chi connectivity index (χ1) is 7.00. The zero-order chi connectivity index (χ0) is 11.4. The van der Waals surface area contributed by atoms with Gasteiger partial charge < -0.3 is 10.4 Å². The minimum atomic E-state index is -0.957. The molecule has 1 unspecified atom stereocenters. The Morgan fingerprint density at radius 3 is 2.73 bits per heavy atom. The lowest BCUT2D eigenvalue weighted by Gasteiger charge is -2.05. The van der Waals surface area contributed by atoms with Crippen LogP contribution in [0.5, 0.6) is 0 Å². The second-order valence-electron chi connectivity index (χ2n) is 3.19. The van der Waals surface area contributed by atoms with E-state index in [2.05, 4.69) is 20.5 Å². The number of nitrogens with one attached hydrogen (secondary N) is 2. The lowest BCUT2D eigenvalue weighted by Crippen LogP contribution is -2.32. The Morgan fingerprint density at radius 2 is 2.27 bits per heavy atom. The normalized spacial score (nSPS) is 12.1. The number of rotatable bonds is 4. The molecular formula is C8H12N4O3. The molecule has 7 heteroatoms. The first-order valence-electron chi connectivity index (χ1n) is 4.40. The van der Waals surface area contributed by atoms with Crippen molar-refractivity contribution in [1.82, 2.24) is 20.5 Å². The number of hydrogen-bond donors (Lipinski definition) is 3. The minimum absolute atomic E-state index is 0.0186. The van der Waals surface area contributed by atoms with Gasteiger partial charge in [-0.1, -0.05) is 6.92 Å². The maximum atomic E-state index is 11.3. The Hall–Kier alpha value is -1.92. The molecular weight excluding hydrogens is 200 g/mol. The first-order valence-corrected chi connectivity index (χ1v) is 4.40. The van der Waals surface area contributed by atoms with Crippen LogP contribution >= 0.6 is 0 Å². The van der Waals surface area contributed by atoms with E-state index in [1.54, 1.807) is 6.92 Å². The molecule has 82 valence electrons. The third-order valence-electron chi connectivity index (χ3n) is 1.79. The van der Waals surface area contributed by atoms with Crippen LogP contribution in [-0.2, 0) is 4.79 Å². The van der Waals surface area contributed by atoms with Crippen LogP contribution < -0.4 is 5.32 Å². The van der Waals surface area contributed by atoms with Gasteiger partial charge in [0.05, 0.1) is 5.92 Å². The molecule has 0 radical (unpaired) electrons. The molecule has 1 atom stereocenters. The molecule has 1 rings (SSSR count). The maximum Gasteiger partial charge on any atom is 0.308 e. The Bertz CT molecular complexity index is 374. The Morgan fingerprint density at radius 1 is 1.60 bits per heavy atom. The fourth-order valence-electron chi connectivity index (χ4n) is 0.856. The molecule has 0 aliphatic carbocycles. The van der Waals surface area contributed by atoms with Crippen LogP contribution in [0.4, 0.5) is 0 Å². The van der Waals surface area contributed by atoms with Gasteiger partial charge >= 0.3 is 5.97 Å². The van der Waals surface area contributed by atoms with Gasteiger partial charge in [0.2, 0.25) is 5.82 Å². The number of carboxylic acids is 1. The van der Waals surface area contributed by atoms with Crippen molar-refractivity contribution in [2.24, 2.45) is 5.92 Å². The highest BCUT2D eigenvalue weighted by molar-refractivity contribution is 5.90. The topological polar surface area (TPSA) is 108 Å². The number of aliphatic carboxylic acids is 1. The smallest absolute Gasteiger partial charge is 0.308 e. The van der Waals surface area contributed by atoms with E-state index in [0.29, 0.717) is 5.82 Å². The van der Waals surface area contributed by atoms with E-state index in [0.717, 1.165) is 0 Å². The van der Waals surface area contributed by atoms with Crippen molar-refractivity contribution in [1.29, 1.82) is 0 Å². The maximum absolute atomic E-state index is 11.3. The molecule has 15 heavy (non-hydrogen) atoms. The highest BCUT2D eigenvalue weighted by atomic mass is 16.4. The van der Waals surface area contributed by atoms with Crippen molar-refractivity contribution in [3.8, 4) is 0 Å². The van der Waals surface area contributed by atoms with Gasteiger partial charge in [-0.3, -0.25) is 14.7 Å². The Kier molecular flexibility index (Phi) is 3.37. The molecule has 0 saturated carbocycles. The zero-order valence-corrected chi connectivity index (χ0v) is 8.44. The second kappa shape index (κ2) is 4.54. The molecule has 0 fully saturated rings. The molecule has 0 spiro atoms. The van der Waals surface area contributed by atoms with Gasteiger partial charge in [-0.25, -0.2) is 4.98 Å². The fourth-order valence-corrected chi connectivity index (χ4v) is 0.856. The van der Waals surface area contributed by atoms with Gasteiger partial charge in [0.15, 0.2) is 0 Å². The number of carboxylic acid groups (broad SMARTS) is 1. The van der Waals surface area contributed by atoms with Crippen molar-refractivity contribution >= 4 is 11.9 Å². The summed E-state index contributed by atoms with van der Waals surface area (Å²) in [6, 6.07) is 0. The summed E-state index contributed by atoms with van der Waals surface area (Å²) in [7, 11) is 0. The first kappa shape index (κ1) is 11.2. The number of aromatic nitrogens is 3. The molecule has 0 saturated heterocycles. The zero-order valence-electron chi connectivity index (χ0n) is 8.44. The average Bonchev–Trinajstić information content (AvgIpc) is 2.60. The largest absolute Gasteiger partial charge is 0.481 e. The molecule has 0 aromatic carbocycles. The van der Waals surface area contributed by atoms with Crippen LogP contribution in [0.15, 0.2) is 0 Å². The van der Waals surface area contributed by atoms with Gasteiger partial charge in [-0.05, 0) is 6.92 Å². The van der Waals surface area contributed by atoms with Gasteiger partial charge in [-0.15, -0.1) is 5.10 Å². The van der Waals surface area contributed by atoms with Crippen LogP contribution in [0, 0.1) is 12.8 Å². The van der Waals surface area contributed by atoms with Crippen molar-refractivity contribution in [2.75, 3.05) is 6.54 Å². The summed E-state index contributed by atoms with van der Waals surface area (Å²) in [4.78, 5) is 25.6. The third-order valence-corrected chi connectivity index (χ3v) is 1.79. The summed E-state index contributed by atoms with van der Waals surface area (Å²) >= 11 is 0. The number of carbonyl (C=O) groups excluding carboxylic acids is 1. The number of aryl methyl sites for hydroxylation is 1.